The Hall–Kier alpha value is -3.53. The number of aryl methyl sites for hydroxylation is 2. The highest BCUT2D eigenvalue weighted by Gasteiger charge is 2.10. The van der Waals surface area contributed by atoms with Gasteiger partial charge in [0.2, 0.25) is 0 Å². The molecule has 0 saturated carbocycles. The second kappa shape index (κ2) is 8.44. The van der Waals surface area contributed by atoms with Crippen molar-refractivity contribution in [3.05, 3.63) is 94.6 Å². The van der Waals surface area contributed by atoms with E-state index >= 15 is 0 Å². The van der Waals surface area contributed by atoms with Gasteiger partial charge in [0.1, 0.15) is 23.9 Å². The molecule has 3 aromatic rings. The summed E-state index contributed by atoms with van der Waals surface area (Å²) >= 11 is 0. The van der Waals surface area contributed by atoms with Crippen molar-refractivity contribution < 1.29 is 19.7 Å². The molecule has 0 atom stereocenters. The summed E-state index contributed by atoms with van der Waals surface area (Å²) in [4.78, 5) is 12.4. The highest BCUT2D eigenvalue weighted by molar-refractivity contribution is 6.08. The van der Waals surface area contributed by atoms with E-state index in [0.29, 0.717) is 12.4 Å². The number of hydrogen-bond acceptors (Lipinski definition) is 4. The van der Waals surface area contributed by atoms with Crippen LogP contribution in [0.15, 0.2) is 66.7 Å². The Kier molecular flexibility index (Phi) is 5.80. The van der Waals surface area contributed by atoms with Crippen LogP contribution in [0.3, 0.4) is 0 Å². The van der Waals surface area contributed by atoms with Gasteiger partial charge >= 0.3 is 0 Å². The van der Waals surface area contributed by atoms with Gasteiger partial charge in [-0.15, -0.1) is 0 Å². The first-order valence-electron chi connectivity index (χ1n) is 8.96. The molecule has 0 heterocycles. The van der Waals surface area contributed by atoms with Gasteiger partial charge in [0.05, 0.1) is 5.56 Å². The molecular weight excluding hydrogens is 352 g/mol. The minimum atomic E-state index is -0.310. The van der Waals surface area contributed by atoms with Crippen molar-refractivity contribution in [1.82, 2.24) is 0 Å². The van der Waals surface area contributed by atoms with Gasteiger partial charge in [-0.25, -0.2) is 0 Å². The number of hydrogen-bond donors (Lipinski definition) is 2. The average Bonchev–Trinajstić information content (AvgIpc) is 2.69. The predicted molar refractivity (Wildman–Crippen MR) is 110 cm³/mol. The molecule has 4 nitrogen and oxygen atoms in total. The van der Waals surface area contributed by atoms with E-state index in [-0.39, 0.29) is 22.8 Å². The summed E-state index contributed by atoms with van der Waals surface area (Å²) in [6.45, 7) is 4.00. The van der Waals surface area contributed by atoms with E-state index in [2.05, 4.69) is 0 Å². The Bertz CT molecular complexity index is 997. The number of ether oxygens (including phenoxy) is 1. The van der Waals surface area contributed by atoms with Crippen LogP contribution >= 0.6 is 0 Å². The molecule has 0 radical (unpaired) electrons. The lowest BCUT2D eigenvalue weighted by Crippen LogP contribution is -1.98. The van der Waals surface area contributed by atoms with E-state index in [1.165, 1.54) is 12.1 Å². The first-order valence-corrected chi connectivity index (χ1v) is 8.96. The van der Waals surface area contributed by atoms with Crippen LogP contribution in [0.25, 0.3) is 6.08 Å². The lowest BCUT2D eigenvalue weighted by Gasteiger charge is -2.08. The van der Waals surface area contributed by atoms with Crippen LogP contribution in [0.5, 0.6) is 17.2 Å². The molecule has 28 heavy (non-hydrogen) atoms. The Morgan fingerprint density at radius 1 is 0.964 bits per heavy atom. The van der Waals surface area contributed by atoms with Gasteiger partial charge in [0.25, 0.3) is 0 Å². The quantitative estimate of drug-likeness (QED) is 0.460. The Balaban J connectivity index is 1.70. The first-order chi connectivity index (χ1) is 13.4. The molecule has 0 aliphatic carbocycles. The molecule has 0 aliphatic heterocycles. The van der Waals surface area contributed by atoms with Crippen LogP contribution < -0.4 is 4.74 Å². The summed E-state index contributed by atoms with van der Waals surface area (Å²) < 4.78 is 5.66. The molecule has 0 unspecified atom stereocenters. The Morgan fingerprint density at radius 3 is 2.29 bits per heavy atom. The maximum absolute atomic E-state index is 12.4. The van der Waals surface area contributed by atoms with Crippen LogP contribution in [0.2, 0.25) is 0 Å². The van der Waals surface area contributed by atoms with Crippen LogP contribution in [-0.2, 0) is 6.61 Å². The standard InChI is InChI=1S/C24H22O4/c1-16-12-19(13-17(2)24(16)27)8-11-22(25)21-10-9-20(14-23(21)26)28-15-18-6-4-3-5-7-18/h3-14,26-27H,15H2,1-2H3/b11-8+. The zero-order valence-corrected chi connectivity index (χ0v) is 15.8. The fourth-order valence-corrected chi connectivity index (χ4v) is 2.90. The van der Waals surface area contributed by atoms with Gasteiger partial charge in [0, 0.05) is 6.07 Å². The third-order valence-electron chi connectivity index (χ3n) is 4.42. The van der Waals surface area contributed by atoms with E-state index in [9.17, 15) is 15.0 Å². The van der Waals surface area contributed by atoms with Crippen molar-refractivity contribution in [1.29, 1.82) is 0 Å². The van der Waals surface area contributed by atoms with Crippen molar-refractivity contribution in [2.45, 2.75) is 20.5 Å². The van der Waals surface area contributed by atoms with Crippen molar-refractivity contribution in [2.24, 2.45) is 0 Å². The highest BCUT2D eigenvalue weighted by atomic mass is 16.5. The smallest absolute Gasteiger partial charge is 0.189 e. The molecule has 3 rings (SSSR count). The van der Waals surface area contributed by atoms with Gasteiger partial charge in [0.15, 0.2) is 5.78 Å². The van der Waals surface area contributed by atoms with Crippen molar-refractivity contribution in [3.63, 3.8) is 0 Å². The molecule has 4 heteroatoms. The Morgan fingerprint density at radius 2 is 1.64 bits per heavy atom. The lowest BCUT2D eigenvalue weighted by molar-refractivity contribution is 0.104. The maximum atomic E-state index is 12.4. The summed E-state index contributed by atoms with van der Waals surface area (Å²) in [6, 6.07) is 18.0. The van der Waals surface area contributed by atoms with E-state index in [4.69, 9.17) is 4.74 Å². The number of ketones is 1. The van der Waals surface area contributed by atoms with E-state index < -0.39 is 0 Å². The summed E-state index contributed by atoms with van der Waals surface area (Å²) in [5.74, 6) is 0.313. The average molecular weight is 374 g/mol. The van der Waals surface area contributed by atoms with Crippen LogP contribution in [0, 0.1) is 13.8 Å². The number of carbonyl (C=O) groups excluding carboxylic acids is 1. The van der Waals surface area contributed by atoms with Gasteiger partial charge in [-0.1, -0.05) is 36.4 Å². The summed E-state index contributed by atoms with van der Waals surface area (Å²) in [5.41, 5.74) is 3.52. The van der Waals surface area contributed by atoms with Gasteiger partial charge in [-0.05, 0) is 66.4 Å². The highest BCUT2D eigenvalue weighted by Crippen LogP contribution is 2.26. The van der Waals surface area contributed by atoms with E-state index in [1.54, 1.807) is 30.3 Å². The predicted octanol–water partition coefficient (Wildman–Crippen LogP) is 5.19. The van der Waals surface area contributed by atoms with Crippen molar-refractivity contribution in [3.8, 4) is 17.2 Å². The van der Waals surface area contributed by atoms with Crippen LogP contribution in [0.4, 0.5) is 0 Å². The minimum Gasteiger partial charge on any atom is -0.507 e. The molecule has 3 aromatic carbocycles. The van der Waals surface area contributed by atoms with Crippen molar-refractivity contribution in [2.75, 3.05) is 0 Å². The minimum absolute atomic E-state index is 0.127. The molecular formula is C24H22O4. The number of allylic oxidation sites excluding steroid dienone is 1. The van der Waals surface area contributed by atoms with Gasteiger partial charge < -0.3 is 14.9 Å². The lowest BCUT2D eigenvalue weighted by atomic mass is 10.0. The first kappa shape index (κ1) is 19.2. The topological polar surface area (TPSA) is 66.8 Å². The monoisotopic (exact) mass is 374 g/mol. The van der Waals surface area contributed by atoms with E-state index in [0.717, 1.165) is 22.3 Å². The third kappa shape index (κ3) is 4.60. The number of rotatable bonds is 6. The summed E-state index contributed by atoms with van der Waals surface area (Å²) in [7, 11) is 0. The van der Waals surface area contributed by atoms with Crippen LogP contribution in [-0.4, -0.2) is 16.0 Å². The Labute approximate surface area is 164 Å². The fraction of sp³-hybridized carbons (Fsp3) is 0.125. The molecule has 0 aromatic heterocycles. The van der Waals surface area contributed by atoms with Crippen molar-refractivity contribution >= 4 is 11.9 Å². The summed E-state index contributed by atoms with van der Waals surface area (Å²) in [6.07, 6.45) is 3.08. The van der Waals surface area contributed by atoms with Crippen LogP contribution in [0.1, 0.15) is 32.6 Å². The number of carbonyl (C=O) groups is 1. The third-order valence-corrected chi connectivity index (χ3v) is 4.42. The van der Waals surface area contributed by atoms with E-state index in [1.807, 2.05) is 44.2 Å². The van der Waals surface area contributed by atoms with Gasteiger partial charge in [-0.3, -0.25) is 4.79 Å². The number of phenols is 2. The molecule has 0 amide bonds. The number of aromatic hydroxyl groups is 2. The number of benzene rings is 3. The molecule has 142 valence electrons. The van der Waals surface area contributed by atoms with Gasteiger partial charge in [-0.2, -0.15) is 0 Å². The SMILES string of the molecule is Cc1cc(/C=C/C(=O)c2ccc(OCc3ccccc3)cc2O)cc(C)c1O. The molecule has 0 fully saturated rings. The zero-order chi connectivity index (χ0) is 20.1. The fourth-order valence-electron chi connectivity index (χ4n) is 2.90. The summed E-state index contributed by atoms with van der Waals surface area (Å²) in [5, 5.41) is 20.0. The second-order valence-corrected chi connectivity index (χ2v) is 6.65. The molecule has 0 saturated heterocycles. The zero-order valence-electron chi connectivity index (χ0n) is 15.8. The largest absolute Gasteiger partial charge is 0.507 e. The molecule has 0 spiro atoms. The number of phenolic OH excluding ortho intramolecular Hbond substituents is 2. The normalized spacial score (nSPS) is 10.9. The molecule has 0 bridgehead atoms. The second-order valence-electron chi connectivity index (χ2n) is 6.65. The molecule has 2 N–H and O–H groups in total. The maximum Gasteiger partial charge on any atom is 0.189 e. The molecule has 0 aliphatic rings.